The van der Waals surface area contributed by atoms with Gasteiger partial charge in [-0.1, -0.05) is 0 Å². The van der Waals surface area contributed by atoms with E-state index in [0.29, 0.717) is 0 Å². The van der Waals surface area contributed by atoms with Crippen LogP contribution in [-0.4, -0.2) is 28.0 Å². The summed E-state index contributed by atoms with van der Waals surface area (Å²) in [5, 5.41) is 2.41. The van der Waals surface area contributed by atoms with Gasteiger partial charge in [-0.25, -0.2) is 0 Å². The zero-order valence-corrected chi connectivity index (χ0v) is 4.89. The molecule has 0 amide bonds. The fourth-order valence-corrected chi connectivity index (χ4v) is 0.636. The molecular weight excluding hydrogens is 117 g/mol. The van der Waals surface area contributed by atoms with Crippen molar-refractivity contribution in [3.63, 3.8) is 0 Å². The van der Waals surface area contributed by atoms with Crippen molar-refractivity contribution in [3.8, 4) is 0 Å². The van der Waals surface area contributed by atoms with Gasteiger partial charge < -0.3 is 0 Å². The molecule has 0 saturated carbocycles. The summed E-state index contributed by atoms with van der Waals surface area (Å²) in [4.78, 5) is 24.5. The lowest BCUT2D eigenvalue weighted by Crippen LogP contribution is -2.11. The van der Waals surface area contributed by atoms with Crippen molar-refractivity contribution in [3.05, 3.63) is 0 Å². The molecule has 5 heteroatoms. The summed E-state index contributed by atoms with van der Waals surface area (Å²) >= 11 is 0. The minimum absolute atomic E-state index is 0.132. The second-order valence-electron chi connectivity index (χ2n) is 1.20. The van der Waals surface area contributed by atoms with E-state index >= 15 is 0 Å². The Balaban J connectivity index is 3.15. The monoisotopic (exact) mass is 126 g/mol. The van der Waals surface area contributed by atoms with E-state index < -0.39 is 7.94 Å². The fraction of sp³-hybridized carbons (Fsp3) is 1.00. The SMILES string of the molecule is CNC[P+](O)(O)O. The van der Waals surface area contributed by atoms with Crippen LogP contribution in [0.15, 0.2) is 0 Å². The van der Waals surface area contributed by atoms with Crippen LogP contribution >= 0.6 is 7.94 Å². The highest BCUT2D eigenvalue weighted by atomic mass is 31.2. The van der Waals surface area contributed by atoms with Crippen LogP contribution in [0.2, 0.25) is 0 Å². The highest BCUT2D eigenvalue weighted by molar-refractivity contribution is 7.58. The molecule has 0 heterocycles. The minimum Gasteiger partial charge on any atom is -0.281 e. The van der Waals surface area contributed by atoms with Gasteiger partial charge in [-0.05, 0) is 7.05 Å². The molecule has 0 radical (unpaired) electrons. The van der Waals surface area contributed by atoms with Crippen molar-refractivity contribution in [2.45, 2.75) is 0 Å². The Morgan fingerprint density at radius 1 is 1.43 bits per heavy atom. The third-order valence-corrected chi connectivity index (χ3v) is 1.11. The number of rotatable bonds is 2. The molecule has 0 aromatic heterocycles. The van der Waals surface area contributed by atoms with Crippen LogP contribution < -0.4 is 5.32 Å². The van der Waals surface area contributed by atoms with Gasteiger partial charge in [-0.3, -0.25) is 5.32 Å². The van der Waals surface area contributed by atoms with Gasteiger partial charge in [0.25, 0.3) is 0 Å². The molecule has 0 saturated heterocycles. The summed E-state index contributed by atoms with van der Waals surface area (Å²) in [7, 11) is -2.00. The van der Waals surface area contributed by atoms with E-state index in [-0.39, 0.29) is 6.29 Å². The molecule has 0 fully saturated rings. The van der Waals surface area contributed by atoms with Gasteiger partial charge in [-0.2, -0.15) is 14.7 Å². The van der Waals surface area contributed by atoms with Gasteiger partial charge in [0.1, 0.15) is 0 Å². The lowest BCUT2D eigenvalue weighted by molar-refractivity contribution is 0.327. The van der Waals surface area contributed by atoms with Gasteiger partial charge in [0.05, 0.1) is 0 Å². The van der Waals surface area contributed by atoms with Crippen LogP contribution in [0.5, 0.6) is 0 Å². The molecule has 0 rings (SSSR count). The van der Waals surface area contributed by atoms with Gasteiger partial charge in [0.15, 0.2) is 6.29 Å². The van der Waals surface area contributed by atoms with Crippen LogP contribution in [-0.2, 0) is 0 Å². The zero-order chi connectivity index (χ0) is 5.91. The van der Waals surface area contributed by atoms with Crippen molar-refractivity contribution in [1.82, 2.24) is 5.32 Å². The maximum atomic E-state index is 8.18. The predicted molar refractivity (Wildman–Crippen MR) is 27.5 cm³/mol. The Bertz CT molecular complexity index is 51.4. The summed E-state index contributed by atoms with van der Waals surface area (Å²) in [5.41, 5.74) is 0. The highest BCUT2D eigenvalue weighted by Crippen LogP contribution is 2.42. The summed E-state index contributed by atoms with van der Waals surface area (Å²) in [5.74, 6) is 0. The molecule has 0 aromatic carbocycles. The molecule has 0 unspecified atom stereocenters. The quantitative estimate of drug-likeness (QED) is 0.354. The van der Waals surface area contributed by atoms with E-state index in [1.165, 1.54) is 7.05 Å². The molecule has 4 N–H and O–H groups in total. The Labute approximate surface area is 42.4 Å². The molecule has 0 spiro atoms. The molecule has 44 valence electrons. The van der Waals surface area contributed by atoms with Crippen molar-refractivity contribution in [2.24, 2.45) is 0 Å². The third kappa shape index (κ3) is 6.27. The van der Waals surface area contributed by atoms with Crippen LogP contribution in [0, 0.1) is 0 Å². The van der Waals surface area contributed by atoms with Crippen LogP contribution in [0.4, 0.5) is 0 Å². The first-order chi connectivity index (χ1) is 3.06. The van der Waals surface area contributed by atoms with Crippen molar-refractivity contribution in [1.29, 1.82) is 0 Å². The smallest absolute Gasteiger partial charge is 0.281 e. The maximum Gasteiger partial charge on any atom is 0.418 e. The lowest BCUT2D eigenvalue weighted by Gasteiger charge is -1.99. The Morgan fingerprint density at radius 2 is 1.86 bits per heavy atom. The van der Waals surface area contributed by atoms with Crippen molar-refractivity contribution >= 4 is 7.94 Å². The first-order valence-corrected chi connectivity index (χ1v) is 3.60. The first kappa shape index (κ1) is 7.27. The highest BCUT2D eigenvalue weighted by Gasteiger charge is 2.27. The second-order valence-corrected chi connectivity index (χ2v) is 2.91. The molecule has 0 aliphatic heterocycles. The molecule has 7 heavy (non-hydrogen) atoms. The molecule has 4 nitrogen and oxygen atoms in total. The number of hydrogen-bond acceptors (Lipinski definition) is 4. The molecule has 0 atom stereocenters. The normalized spacial score (nSPS) is 12.0. The second kappa shape index (κ2) is 2.55. The summed E-state index contributed by atoms with van der Waals surface area (Å²) in [6.07, 6.45) is -0.132. The minimum atomic E-state index is -3.53. The topological polar surface area (TPSA) is 72.7 Å². The standard InChI is InChI=1S/C2H9NO3P/c1-3-2-7(4,5)6/h3-6H,2H2,1H3/q+1. The van der Waals surface area contributed by atoms with Gasteiger partial charge >= 0.3 is 7.94 Å². The summed E-state index contributed by atoms with van der Waals surface area (Å²) in [6.45, 7) is 0. The molecular formula is C2H9NO3P+. The predicted octanol–water partition coefficient (Wildman–Crippen LogP) is -1.10. The molecule has 0 aliphatic rings. The van der Waals surface area contributed by atoms with Crippen molar-refractivity contribution in [2.75, 3.05) is 13.3 Å². The Hall–Kier alpha value is 0.270. The van der Waals surface area contributed by atoms with E-state index in [4.69, 9.17) is 14.7 Å². The number of hydrogen-bond donors (Lipinski definition) is 4. The summed E-state index contributed by atoms with van der Waals surface area (Å²) in [6, 6.07) is 0. The van der Waals surface area contributed by atoms with Crippen LogP contribution in [0.25, 0.3) is 0 Å². The molecule has 0 aliphatic carbocycles. The van der Waals surface area contributed by atoms with Gasteiger partial charge in [-0.15, -0.1) is 0 Å². The van der Waals surface area contributed by atoms with Crippen LogP contribution in [0.1, 0.15) is 0 Å². The average molecular weight is 126 g/mol. The van der Waals surface area contributed by atoms with Crippen molar-refractivity contribution < 1.29 is 14.7 Å². The molecule has 0 aromatic rings. The van der Waals surface area contributed by atoms with E-state index in [1.54, 1.807) is 0 Å². The number of nitrogens with one attached hydrogen (secondary N) is 1. The zero-order valence-electron chi connectivity index (χ0n) is 4.00. The average Bonchev–Trinajstić information content (AvgIpc) is 1.30. The third-order valence-electron chi connectivity index (χ3n) is 0.370. The fourth-order valence-electron chi connectivity index (χ4n) is 0.212. The van der Waals surface area contributed by atoms with Crippen LogP contribution in [0.3, 0.4) is 0 Å². The first-order valence-electron chi connectivity index (χ1n) is 1.77. The maximum absolute atomic E-state index is 8.18. The van der Waals surface area contributed by atoms with E-state index in [1.807, 2.05) is 0 Å². The van der Waals surface area contributed by atoms with E-state index in [9.17, 15) is 0 Å². The largest absolute Gasteiger partial charge is 0.418 e. The Morgan fingerprint density at radius 3 is 1.86 bits per heavy atom. The Kier molecular flexibility index (Phi) is 2.64. The van der Waals surface area contributed by atoms with Gasteiger partial charge in [0, 0.05) is 0 Å². The summed E-state index contributed by atoms with van der Waals surface area (Å²) < 4.78 is 0. The van der Waals surface area contributed by atoms with Gasteiger partial charge in [0.2, 0.25) is 0 Å². The van der Waals surface area contributed by atoms with E-state index in [0.717, 1.165) is 0 Å². The van der Waals surface area contributed by atoms with E-state index in [2.05, 4.69) is 5.32 Å². The lowest BCUT2D eigenvalue weighted by atomic mass is 11.3. The molecule has 0 bridgehead atoms.